The summed E-state index contributed by atoms with van der Waals surface area (Å²) >= 11 is 0. The highest BCUT2D eigenvalue weighted by molar-refractivity contribution is 5.95. The van der Waals surface area contributed by atoms with E-state index in [0.29, 0.717) is 24.8 Å². The molecule has 4 rings (SSSR count). The van der Waals surface area contributed by atoms with Crippen molar-refractivity contribution >= 4 is 17.5 Å². The molecule has 27 heavy (non-hydrogen) atoms. The first-order chi connectivity index (χ1) is 13.1. The molecule has 0 atom stereocenters. The number of anilines is 2. The quantitative estimate of drug-likeness (QED) is 0.746. The van der Waals surface area contributed by atoms with Gasteiger partial charge in [0.25, 0.3) is 0 Å². The Morgan fingerprint density at radius 3 is 2.85 bits per heavy atom. The molecule has 2 aromatic heterocycles. The number of ether oxygens (including phenoxy) is 1. The van der Waals surface area contributed by atoms with Crippen LogP contribution in [-0.2, 0) is 4.79 Å². The molecule has 0 aliphatic carbocycles. The molecule has 1 aliphatic rings. The Hall–Kier alpha value is -3.35. The summed E-state index contributed by atoms with van der Waals surface area (Å²) in [7, 11) is 1.82. The average molecular weight is 363 g/mol. The van der Waals surface area contributed by atoms with E-state index in [-0.39, 0.29) is 5.91 Å². The summed E-state index contributed by atoms with van der Waals surface area (Å²) in [5, 5.41) is 3.06. The van der Waals surface area contributed by atoms with Crippen LogP contribution in [0.1, 0.15) is 12.6 Å². The van der Waals surface area contributed by atoms with Gasteiger partial charge in [0.05, 0.1) is 23.6 Å². The number of nitrogens with one attached hydrogen (secondary N) is 2. The van der Waals surface area contributed by atoms with E-state index >= 15 is 0 Å². The number of carbonyl (C=O) groups excluding carboxylic acids is 1. The molecule has 0 radical (unpaired) electrons. The Kier molecular flexibility index (Phi) is 4.27. The first-order valence-electron chi connectivity index (χ1n) is 8.83. The SMILES string of the molecule is CNc1nc(-c2ccc3c(c2)N(C(C)=O)CCO3)c(-c2ccnc(C)c2)[nH]1. The number of hydrogen-bond acceptors (Lipinski definition) is 5. The Morgan fingerprint density at radius 2 is 2.11 bits per heavy atom. The fourth-order valence-electron chi connectivity index (χ4n) is 3.30. The second kappa shape index (κ2) is 6.75. The zero-order chi connectivity index (χ0) is 19.0. The monoisotopic (exact) mass is 363 g/mol. The maximum Gasteiger partial charge on any atom is 0.224 e. The number of carbonyl (C=O) groups is 1. The van der Waals surface area contributed by atoms with Gasteiger partial charge in [0, 0.05) is 37.0 Å². The van der Waals surface area contributed by atoms with Gasteiger partial charge in [0.1, 0.15) is 12.4 Å². The van der Waals surface area contributed by atoms with Gasteiger partial charge in [-0.05, 0) is 37.3 Å². The van der Waals surface area contributed by atoms with E-state index in [1.165, 1.54) is 0 Å². The normalized spacial score (nSPS) is 13.1. The Bertz CT molecular complexity index is 1010. The number of H-pyrrole nitrogens is 1. The molecule has 2 N–H and O–H groups in total. The number of pyridine rings is 1. The molecule has 0 bridgehead atoms. The second-order valence-electron chi connectivity index (χ2n) is 6.45. The van der Waals surface area contributed by atoms with E-state index in [9.17, 15) is 4.79 Å². The van der Waals surface area contributed by atoms with Crippen molar-refractivity contribution in [1.82, 2.24) is 15.0 Å². The predicted molar refractivity (Wildman–Crippen MR) is 105 cm³/mol. The first kappa shape index (κ1) is 17.1. The minimum Gasteiger partial charge on any atom is -0.490 e. The van der Waals surface area contributed by atoms with Gasteiger partial charge in [-0.15, -0.1) is 0 Å². The van der Waals surface area contributed by atoms with Crippen LogP contribution in [0.3, 0.4) is 0 Å². The highest BCUT2D eigenvalue weighted by Crippen LogP contribution is 2.38. The summed E-state index contributed by atoms with van der Waals surface area (Å²) in [6.07, 6.45) is 1.78. The Labute approximate surface area is 157 Å². The Balaban J connectivity index is 1.86. The molecule has 1 aromatic carbocycles. The smallest absolute Gasteiger partial charge is 0.224 e. The van der Waals surface area contributed by atoms with E-state index in [1.807, 2.05) is 44.3 Å². The van der Waals surface area contributed by atoms with Crippen LogP contribution in [-0.4, -0.2) is 41.1 Å². The largest absolute Gasteiger partial charge is 0.490 e. The third-order valence-electron chi connectivity index (χ3n) is 4.60. The van der Waals surface area contributed by atoms with Crippen LogP contribution in [0.25, 0.3) is 22.5 Å². The average Bonchev–Trinajstić information content (AvgIpc) is 3.11. The summed E-state index contributed by atoms with van der Waals surface area (Å²) in [4.78, 5) is 26.0. The maximum absolute atomic E-state index is 12.0. The third kappa shape index (κ3) is 3.12. The van der Waals surface area contributed by atoms with Crippen LogP contribution in [0.15, 0.2) is 36.5 Å². The third-order valence-corrected chi connectivity index (χ3v) is 4.60. The van der Waals surface area contributed by atoms with Crippen LogP contribution in [0.2, 0.25) is 0 Å². The number of fused-ring (bicyclic) bond motifs is 1. The zero-order valence-corrected chi connectivity index (χ0v) is 15.5. The molecule has 0 saturated carbocycles. The summed E-state index contributed by atoms with van der Waals surface area (Å²) in [5.74, 6) is 1.39. The maximum atomic E-state index is 12.0. The molecule has 138 valence electrons. The highest BCUT2D eigenvalue weighted by atomic mass is 16.5. The van der Waals surface area contributed by atoms with Gasteiger partial charge in [0.15, 0.2) is 0 Å². The summed E-state index contributed by atoms with van der Waals surface area (Å²) in [5.41, 5.74) is 5.33. The zero-order valence-electron chi connectivity index (χ0n) is 15.5. The minimum absolute atomic E-state index is 0.000348. The number of rotatable bonds is 3. The number of aromatic amines is 1. The van der Waals surface area contributed by atoms with Gasteiger partial charge in [-0.2, -0.15) is 0 Å². The van der Waals surface area contributed by atoms with Gasteiger partial charge < -0.3 is 19.9 Å². The molecule has 0 unspecified atom stereocenters. The van der Waals surface area contributed by atoms with E-state index in [0.717, 1.165) is 33.9 Å². The number of hydrogen-bond donors (Lipinski definition) is 2. The lowest BCUT2D eigenvalue weighted by Crippen LogP contribution is -2.36. The topological polar surface area (TPSA) is 83.1 Å². The molecule has 0 saturated heterocycles. The number of nitrogens with zero attached hydrogens (tertiary/aromatic N) is 3. The second-order valence-corrected chi connectivity index (χ2v) is 6.45. The van der Waals surface area contributed by atoms with Crippen LogP contribution in [0, 0.1) is 6.92 Å². The van der Waals surface area contributed by atoms with Crippen molar-refractivity contribution in [1.29, 1.82) is 0 Å². The molecule has 1 aliphatic heterocycles. The van der Waals surface area contributed by atoms with Crippen molar-refractivity contribution in [3.05, 3.63) is 42.2 Å². The van der Waals surface area contributed by atoms with Gasteiger partial charge in [-0.1, -0.05) is 0 Å². The standard InChI is InChI=1S/C20H21N5O2/c1-12-10-15(6-7-22-12)19-18(23-20(21-3)24-19)14-4-5-17-16(11-14)25(13(2)26)8-9-27-17/h4-7,10-11H,8-9H2,1-3H3,(H2,21,23,24). The Morgan fingerprint density at radius 1 is 1.26 bits per heavy atom. The van der Waals surface area contributed by atoms with Crippen LogP contribution >= 0.6 is 0 Å². The van der Waals surface area contributed by atoms with Gasteiger partial charge in [-0.25, -0.2) is 4.98 Å². The predicted octanol–water partition coefficient (Wildman–Crippen LogP) is 3.23. The van der Waals surface area contributed by atoms with Crippen molar-refractivity contribution < 1.29 is 9.53 Å². The lowest BCUT2D eigenvalue weighted by molar-refractivity contribution is -0.116. The van der Waals surface area contributed by atoms with Crippen molar-refractivity contribution in [2.24, 2.45) is 0 Å². The molecule has 0 fully saturated rings. The fourth-order valence-corrected chi connectivity index (χ4v) is 3.30. The van der Waals surface area contributed by atoms with E-state index < -0.39 is 0 Å². The lowest BCUT2D eigenvalue weighted by Gasteiger charge is -2.29. The van der Waals surface area contributed by atoms with E-state index in [1.54, 1.807) is 18.0 Å². The molecule has 3 aromatic rings. The minimum atomic E-state index is -0.000348. The summed E-state index contributed by atoms with van der Waals surface area (Å²) in [6, 6.07) is 9.79. The molecule has 3 heterocycles. The highest BCUT2D eigenvalue weighted by Gasteiger charge is 2.23. The van der Waals surface area contributed by atoms with Crippen LogP contribution < -0.4 is 15.0 Å². The lowest BCUT2D eigenvalue weighted by atomic mass is 10.0. The van der Waals surface area contributed by atoms with Crippen LogP contribution in [0.4, 0.5) is 11.6 Å². The van der Waals surface area contributed by atoms with Gasteiger partial charge in [0.2, 0.25) is 11.9 Å². The van der Waals surface area contributed by atoms with E-state index in [2.05, 4.69) is 15.3 Å². The molecule has 1 amide bonds. The molecular weight excluding hydrogens is 342 g/mol. The molecule has 7 nitrogen and oxygen atoms in total. The van der Waals surface area contributed by atoms with E-state index in [4.69, 9.17) is 9.72 Å². The van der Waals surface area contributed by atoms with Crippen molar-refractivity contribution in [3.8, 4) is 28.3 Å². The number of benzene rings is 1. The number of amides is 1. The molecule has 7 heteroatoms. The molecule has 0 spiro atoms. The summed E-state index contributed by atoms with van der Waals surface area (Å²) in [6.45, 7) is 4.57. The van der Waals surface area contributed by atoms with Crippen molar-refractivity contribution in [2.75, 3.05) is 30.4 Å². The van der Waals surface area contributed by atoms with Crippen LogP contribution in [0.5, 0.6) is 5.75 Å². The number of aryl methyl sites for hydroxylation is 1. The van der Waals surface area contributed by atoms with Gasteiger partial charge >= 0.3 is 0 Å². The van der Waals surface area contributed by atoms with Crippen molar-refractivity contribution in [3.63, 3.8) is 0 Å². The van der Waals surface area contributed by atoms with Crippen molar-refractivity contribution in [2.45, 2.75) is 13.8 Å². The van der Waals surface area contributed by atoms with Gasteiger partial charge in [-0.3, -0.25) is 9.78 Å². The number of imidazole rings is 1. The summed E-state index contributed by atoms with van der Waals surface area (Å²) < 4.78 is 5.71. The first-order valence-corrected chi connectivity index (χ1v) is 8.83. The number of aromatic nitrogens is 3. The fraction of sp³-hybridized carbons (Fsp3) is 0.250. The molecular formula is C20H21N5O2.